The molecule has 2 atom stereocenters. The molecule has 2 saturated heterocycles. The number of hydrogen-bond donors (Lipinski definition) is 2. The van der Waals surface area contributed by atoms with Crippen LogP contribution in [0.15, 0.2) is 0 Å². The smallest absolute Gasteiger partial charge is 0.322 e. The van der Waals surface area contributed by atoms with Crippen LogP contribution in [0.2, 0.25) is 0 Å². The summed E-state index contributed by atoms with van der Waals surface area (Å²) in [4.78, 5) is 13.1. The number of fused-ring (bicyclic) bond motifs is 1. The van der Waals surface area contributed by atoms with Gasteiger partial charge in [0.2, 0.25) is 0 Å². The van der Waals surface area contributed by atoms with Crippen LogP contribution in [0, 0.1) is 0 Å². The van der Waals surface area contributed by atoms with Gasteiger partial charge < -0.3 is 10.4 Å². The molecule has 0 aromatic carbocycles. The van der Waals surface area contributed by atoms with Gasteiger partial charge in [-0.3, -0.25) is 9.69 Å². The maximum atomic E-state index is 10.8. The predicted molar refractivity (Wildman–Crippen MR) is 51.3 cm³/mol. The Labute approximate surface area is 83.7 Å². The van der Waals surface area contributed by atoms with Crippen molar-refractivity contribution < 1.29 is 9.90 Å². The van der Waals surface area contributed by atoms with E-state index in [1.54, 1.807) is 0 Å². The molecule has 0 aromatic heterocycles. The number of halogens is 1. The van der Waals surface area contributed by atoms with Crippen molar-refractivity contribution >= 4 is 18.4 Å². The number of aliphatic carboxylic acids is 1. The average Bonchev–Trinajstić information content (AvgIpc) is 2.49. The van der Waals surface area contributed by atoms with E-state index in [2.05, 4.69) is 10.2 Å². The van der Waals surface area contributed by atoms with Crippen LogP contribution in [0.4, 0.5) is 0 Å². The Bertz CT molecular complexity index is 201. The van der Waals surface area contributed by atoms with Gasteiger partial charge in [0.25, 0.3) is 0 Å². The first-order valence-electron chi connectivity index (χ1n) is 4.49. The molecule has 0 radical (unpaired) electrons. The number of carboxylic acid groups (broad SMARTS) is 1. The van der Waals surface area contributed by atoms with Crippen molar-refractivity contribution in [3.8, 4) is 0 Å². The Kier molecular flexibility index (Phi) is 3.53. The summed E-state index contributed by atoms with van der Waals surface area (Å²) < 4.78 is 0. The number of rotatable bonds is 1. The van der Waals surface area contributed by atoms with E-state index in [1.807, 2.05) is 0 Å². The van der Waals surface area contributed by atoms with Gasteiger partial charge in [-0.1, -0.05) is 0 Å². The van der Waals surface area contributed by atoms with E-state index in [-0.39, 0.29) is 24.5 Å². The summed E-state index contributed by atoms with van der Waals surface area (Å²) in [6.07, 6.45) is 2.18. The molecule has 0 aromatic rings. The summed E-state index contributed by atoms with van der Waals surface area (Å²) in [6, 6.07) is -0.0856. The van der Waals surface area contributed by atoms with Crippen LogP contribution in [0.1, 0.15) is 12.8 Å². The van der Waals surface area contributed by atoms with Crippen LogP contribution < -0.4 is 5.32 Å². The van der Waals surface area contributed by atoms with E-state index in [9.17, 15) is 4.79 Å². The first kappa shape index (κ1) is 10.8. The standard InChI is InChI=1S/C8H14N2O2.ClH/c11-8(12)7-6-2-1-4-10(6)5-3-9-7;/h6-7,9H,1-5H2,(H,11,12);1H/t6-,7-;/m1./s1. The second-order valence-electron chi connectivity index (χ2n) is 3.52. The lowest BCUT2D eigenvalue weighted by Gasteiger charge is -2.34. The number of carbonyl (C=O) groups is 1. The molecule has 2 rings (SSSR count). The predicted octanol–water partition coefficient (Wildman–Crippen LogP) is -0.0710. The second-order valence-corrected chi connectivity index (χ2v) is 3.52. The molecule has 13 heavy (non-hydrogen) atoms. The van der Waals surface area contributed by atoms with E-state index in [1.165, 1.54) is 0 Å². The monoisotopic (exact) mass is 206 g/mol. The summed E-state index contributed by atoms with van der Waals surface area (Å²) >= 11 is 0. The van der Waals surface area contributed by atoms with Crippen LogP contribution in [0.25, 0.3) is 0 Å². The van der Waals surface area contributed by atoms with Gasteiger partial charge in [0.05, 0.1) is 0 Å². The number of carboxylic acids is 1. The quantitative estimate of drug-likeness (QED) is 0.631. The molecular formula is C8H15ClN2O2. The van der Waals surface area contributed by atoms with E-state index < -0.39 is 5.97 Å². The maximum Gasteiger partial charge on any atom is 0.322 e. The van der Waals surface area contributed by atoms with Crippen molar-refractivity contribution in [3.63, 3.8) is 0 Å². The van der Waals surface area contributed by atoms with Crippen molar-refractivity contribution in [1.82, 2.24) is 10.2 Å². The number of piperazine rings is 1. The molecule has 2 fully saturated rings. The van der Waals surface area contributed by atoms with E-state index >= 15 is 0 Å². The molecule has 4 nitrogen and oxygen atoms in total. The lowest BCUT2D eigenvalue weighted by atomic mass is 10.0. The number of hydrogen-bond acceptors (Lipinski definition) is 3. The van der Waals surface area contributed by atoms with Crippen molar-refractivity contribution in [3.05, 3.63) is 0 Å². The topological polar surface area (TPSA) is 52.6 Å². The molecule has 0 bridgehead atoms. The molecule has 0 amide bonds. The molecule has 5 heteroatoms. The fourth-order valence-corrected chi connectivity index (χ4v) is 2.26. The van der Waals surface area contributed by atoms with E-state index in [0.717, 1.165) is 32.5 Å². The molecular weight excluding hydrogens is 192 g/mol. The van der Waals surface area contributed by atoms with Crippen molar-refractivity contribution in [2.75, 3.05) is 19.6 Å². The first-order chi connectivity index (χ1) is 5.79. The molecule has 2 aliphatic heterocycles. The molecule has 2 heterocycles. The third-order valence-electron chi connectivity index (χ3n) is 2.83. The van der Waals surface area contributed by atoms with Gasteiger partial charge in [0.1, 0.15) is 6.04 Å². The SMILES string of the molecule is Cl.O=C(O)[C@@H]1NCCN2CCC[C@H]12. The zero-order valence-corrected chi connectivity index (χ0v) is 8.22. The van der Waals surface area contributed by atoms with Crippen LogP contribution in [0.5, 0.6) is 0 Å². The minimum atomic E-state index is -0.702. The highest BCUT2D eigenvalue weighted by molar-refractivity contribution is 5.85. The fraction of sp³-hybridized carbons (Fsp3) is 0.875. The van der Waals surface area contributed by atoms with Gasteiger partial charge in [-0.05, 0) is 19.4 Å². The van der Waals surface area contributed by atoms with Gasteiger partial charge in [-0.25, -0.2) is 0 Å². The van der Waals surface area contributed by atoms with Crippen molar-refractivity contribution in [2.24, 2.45) is 0 Å². The van der Waals surface area contributed by atoms with Gasteiger partial charge in [0, 0.05) is 19.1 Å². The summed E-state index contributed by atoms with van der Waals surface area (Å²) in [5.41, 5.74) is 0. The normalized spacial score (nSPS) is 33.5. The highest BCUT2D eigenvalue weighted by Gasteiger charge is 2.38. The van der Waals surface area contributed by atoms with Gasteiger partial charge in [-0.15, -0.1) is 12.4 Å². The molecule has 0 aliphatic carbocycles. The Morgan fingerprint density at radius 2 is 2.23 bits per heavy atom. The zero-order chi connectivity index (χ0) is 8.55. The average molecular weight is 207 g/mol. The minimum Gasteiger partial charge on any atom is -0.480 e. The van der Waals surface area contributed by atoms with E-state index in [4.69, 9.17) is 5.11 Å². The van der Waals surface area contributed by atoms with Crippen LogP contribution >= 0.6 is 12.4 Å². The Morgan fingerprint density at radius 1 is 1.46 bits per heavy atom. The van der Waals surface area contributed by atoms with Gasteiger partial charge in [-0.2, -0.15) is 0 Å². The van der Waals surface area contributed by atoms with Crippen molar-refractivity contribution in [2.45, 2.75) is 24.9 Å². The van der Waals surface area contributed by atoms with Gasteiger partial charge in [0.15, 0.2) is 0 Å². The molecule has 2 N–H and O–H groups in total. The summed E-state index contributed by atoms with van der Waals surface area (Å²) in [5, 5.41) is 11.9. The largest absolute Gasteiger partial charge is 0.480 e. The second kappa shape index (κ2) is 4.26. The Hall–Kier alpha value is -0.320. The summed E-state index contributed by atoms with van der Waals surface area (Å²) in [7, 11) is 0. The highest BCUT2D eigenvalue weighted by Crippen LogP contribution is 2.22. The van der Waals surface area contributed by atoms with Crippen LogP contribution in [-0.4, -0.2) is 47.7 Å². The van der Waals surface area contributed by atoms with Crippen molar-refractivity contribution in [1.29, 1.82) is 0 Å². The molecule has 0 spiro atoms. The third-order valence-corrected chi connectivity index (χ3v) is 2.83. The number of nitrogens with zero attached hydrogens (tertiary/aromatic N) is 1. The number of nitrogens with one attached hydrogen (secondary N) is 1. The molecule has 0 saturated carbocycles. The minimum absolute atomic E-state index is 0. The first-order valence-corrected chi connectivity index (χ1v) is 4.49. The van der Waals surface area contributed by atoms with E-state index in [0.29, 0.717) is 0 Å². The maximum absolute atomic E-state index is 10.8. The van der Waals surface area contributed by atoms with Gasteiger partial charge >= 0.3 is 5.97 Å². The lowest BCUT2D eigenvalue weighted by Crippen LogP contribution is -2.58. The summed E-state index contributed by atoms with van der Waals surface area (Å²) in [5.74, 6) is -0.702. The highest BCUT2D eigenvalue weighted by atomic mass is 35.5. The van der Waals surface area contributed by atoms with Crippen LogP contribution in [-0.2, 0) is 4.79 Å². The lowest BCUT2D eigenvalue weighted by molar-refractivity contribution is -0.142. The molecule has 2 aliphatic rings. The Balaban J connectivity index is 0.000000845. The molecule has 0 unspecified atom stereocenters. The fourth-order valence-electron chi connectivity index (χ4n) is 2.26. The zero-order valence-electron chi connectivity index (χ0n) is 7.40. The van der Waals surface area contributed by atoms with Crippen LogP contribution in [0.3, 0.4) is 0 Å². The summed E-state index contributed by atoms with van der Waals surface area (Å²) in [6.45, 7) is 2.90. The third kappa shape index (κ3) is 1.95. The Morgan fingerprint density at radius 3 is 2.92 bits per heavy atom. The molecule has 76 valence electrons.